The van der Waals surface area contributed by atoms with E-state index in [-0.39, 0.29) is 11.5 Å². The van der Waals surface area contributed by atoms with Crippen molar-refractivity contribution in [3.8, 4) is 0 Å². The lowest BCUT2D eigenvalue weighted by molar-refractivity contribution is 1.16. The van der Waals surface area contributed by atoms with Crippen molar-refractivity contribution in [3.63, 3.8) is 0 Å². The summed E-state index contributed by atoms with van der Waals surface area (Å²) in [5.41, 5.74) is 14.8. The molecule has 0 radical (unpaired) electrons. The van der Waals surface area contributed by atoms with Crippen LogP contribution >= 0.6 is 0 Å². The number of nitrogen functional groups attached to an aromatic ring is 2. The monoisotopic (exact) mass is 255 g/mol. The van der Waals surface area contributed by atoms with Crippen molar-refractivity contribution in [2.24, 2.45) is 0 Å². The van der Waals surface area contributed by atoms with Crippen molar-refractivity contribution < 1.29 is 0 Å². The molecule has 6 heteroatoms. The standard InChI is InChI=1S/C13H13N5O/c14-9-3-1-7(2-4-9)5-8-6-16-11-10(8)17-13(15)18-12(11)19/h1-4,6,16H,5,14H2,(H3,15,17,18,19). The van der Waals surface area contributed by atoms with Crippen molar-refractivity contribution in [3.05, 3.63) is 51.9 Å². The van der Waals surface area contributed by atoms with Crippen molar-refractivity contribution in [2.75, 3.05) is 11.5 Å². The molecule has 0 spiro atoms. The van der Waals surface area contributed by atoms with Gasteiger partial charge in [-0.05, 0) is 17.7 Å². The highest BCUT2D eigenvalue weighted by Gasteiger charge is 2.09. The molecule has 19 heavy (non-hydrogen) atoms. The molecule has 1 aromatic carbocycles. The van der Waals surface area contributed by atoms with E-state index < -0.39 is 0 Å². The van der Waals surface area contributed by atoms with Crippen LogP contribution < -0.4 is 17.0 Å². The smallest absolute Gasteiger partial charge is 0.276 e. The van der Waals surface area contributed by atoms with Crippen LogP contribution in [-0.4, -0.2) is 15.0 Å². The number of benzene rings is 1. The van der Waals surface area contributed by atoms with E-state index in [2.05, 4.69) is 15.0 Å². The third-order valence-electron chi connectivity index (χ3n) is 3.01. The average molecular weight is 255 g/mol. The average Bonchev–Trinajstić information content (AvgIpc) is 2.76. The molecule has 0 saturated carbocycles. The molecule has 3 aromatic rings. The number of rotatable bonds is 2. The predicted molar refractivity (Wildman–Crippen MR) is 74.8 cm³/mol. The molecule has 96 valence electrons. The predicted octanol–water partition coefficient (Wildman–Crippen LogP) is 1.01. The van der Waals surface area contributed by atoms with Gasteiger partial charge in [0, 0.05) is 23.9 Å². The van der Waals surface area contributed by atoms with E-state index in [0.717, 1.165) is 16.8 Å². The van der Waals surface area contributed by atoms with Crippen LogP contribution in [0.4, 0.5) is 11.6 Å². The first-order valence-electron chi connectivity index (χ1n) is 5.83. The Morgan fingerprint density at radius 2 is 1.89 bits per heavy atom. The van der Waals surface area contributed by atoms with E-state index in [1.165, 1.54) is 0 Å². The van der Waals surface area contributed by atoms with E-state index in [9.17, 15) is 4.79 Å². The maximum absolute atomic E-state index is 11.7. The Bertz CT molecular complexity index is 785. The van der Waals surface area contributed by atoms with Crippen LogP contribution in [-0.2, 0) is 6.42 Å². The van der Waals surface area contributed by atoms with Gasteiger partial charge in [-0.25, -0.2) is 4.98 Å². The lowest BCUT2D eigenvalue weighted by Gasteiger charge is -2.01. The molecule has 0 saturated heterocycles. The third kappa shape index (κ3) is 2.03. The van der Waals surface area contributed by atoms with Crippen LogP contribution in [0.2, 0.25) is 0 Å². The minimum Gasteiger partial charge on any atom is -0.399 e. The first kappa shape index (κ1) is 11.3. The molecule has 0 atom stereocenters. The van der Waals surface area contributed by atoms with Gasteiger partial charge in [0.05, 0.1) is 0 Å². The van der Waals surface area contributed by atoms with E-state index in [4.69, 9.17) is 11.5 Å². The SMILES string of the molecule is Nc1ccc(Cc2c[nH]c3c(=O)[nH]c(N)nc23)cc1. The van der Waals surface area contributed by atoms with Gasteiger partial charge < -0.3 is 16.5 Å². The van der Waals surface area contributed by atoms with Crippen molar-refractivity contribution in [2.45, 2.75) is 6.42 Å². The normalized spacial score (nSPS) is 10.9. The number of H-pyrrole nitrogens is 2. The Balaban J connectivity index is 2.06. The van der Waals surface area contributed by atoms with Gasteiger partial charge in [-0.2, -0.15) is 0 Å². The Morgan fingerprint density at radius 3 is 2.63 bits per heavy atom. The zero-order valence-electron chi connectivity index (χ0n) is 10.1. The summed E-state index contributed by atoms with van der Waals surface area (Å²) in [6.45, 7) is 0. The van der Waals surface area contributed by atoms with Crippen LogP contribution in [0.5, 0.6) is 0 Å². The fraction of sp³-hybridized carbons (Fsp3) is 0.0769. The Morgan fingerprint density at radius 1 is 1.16 bits per heavy atom. The van der Waals surface area contributed by atoms with Gasteiger partial charge in [0.1, 0.15) is 11.0 Å². The second-order valence-corrected chi connectivity index (χ2v) is 4.41. The molecule has 0 aliphatic rings. The van der Waals surface area contributed by atoms with Crippen molar-refractivity contribution in [1.82, 2.24) is 15.0 Å². The number of aromatic amines is 2. The lowest BCUT2D eigenvalue weighted by Crippen LogP contribution is -2.11. The van der Waals surface area contributed by atoms with Gasteiger partial charge in [-0.15, -0.1) is 0 Å². The van der Waals surface area contributed by atoms with Gasteiger partial charge in [-0.3, -0.25) is 9.78 Å². The van der Waals surface area contributed by atoms with E-state index in [1.807, 2.05) is 24.3 Å². The highest BCUT2D eigenvalue weighted by atomic mass is 16.1. The molecule has 2 heterocycles. The first-order valence-corrected chi connectivity index (χ1v) is 5.83. The molecule has 2 aromatic heterocycles. The maximum atomic E-state index is 11.7. The Labute approximate surface area is 108 Å². The highest BCUT2D eigenvalue weighted by molar-refractivity contribution is 5.79. The molecule has 0 amide bonds. The van der Waals surface area contributed by atoms with Crippen LogP contribution in [0.25, 0.3) is 11.0 Å². The zero-order valence-corrected chi connectivity index (χ0v) is 10.1. The number of fused-ring (bicyclic) bond motifs is 1. The van der Waals surface area contributed by atoms with Crippen LogP contribution in [0.1, 0.15) is 11.1 Å². The highest BCUT2D eigenvalue weighted by Crippen LogP contribution is 2.18. The number of anilines is 2. The Hall–Kier alpha value is -2.76. The van der Waals surface area contributed by atoms with Crippen LogP contribution in [0, 0.1) is 0 Å². The fourth-order valence-electron chi connectivity index (χ4n) is 2.07. The zero-order chi connectivity index (χ0) is 13.4. The van der Waals surface area contributed by atoms with Crippen molar-refractivity contribution >= 4 is 22.7 Å². The molecule has 6 nitrogen and oxygen atoms in total. The first-order chi connectivity index (χ1) is 9.13. The molecule has 0 aliphatic carbocycles. The second kappa shape index (κ2) is 4.16. The van der Waals surface area contributed by atoms with Gasteiger partial charge in [0.25, 0.3) is 5.56 Å². The topological polar surface area (TPSA) is 114 Å². The molecule has 0 bridgehead atoms. The summed E-state index contributed by atoms with van der Waals surface area (Å²) in [5.74, 6) is 0.121. The summed E-state index contributed by atoms with van der Waals surface area (Å²) >= 11 is 0. The van der Waals surface area contributed by atoms with Gasteiger partial charge in [0.2, 0.25) is 5.95 Å². The lowest BCUT2D eigenvalue weighted by atomic mass is 10.1. The van der Waals surface area contributed by atoms with E-state index >= 15 is 0 Å². The van der Waals surface area contributed by atoms with Crippen molar-refractivity contribution in [1.29, 1.82) is 0 Å². The van der Waals surface area contributed by atoms with Crippen LogP contribution in [0.15, 0.2) is 35.3 Å². The fourth-order valence-corrected chi connectivity index (χ4v) is 2.07. The van der Waals surface area contributed by atoms with E-state index in [0.29, 0.717) is 17.5 Å². The largest absolute Gasteiger partial charge is 0.399 e. The minimum absolute atomic E-state index is 0.121. The van der Waals surface area contributed by atoms with E-state index in [1.54, 1.807) is 6.20 Å². The minimum atomic E-state index is -0.258. The number of nitrogens with two attached hydrogens (primary N) is 2. The molecule has 3 rings (SSSR count). The summed E-state index contributed by atoms with van der Waals surface area (Å²) in [7, 11) is 0. The molecule has 0 unspecified atom stereocenters. The number of nitrogens with zero attached hydrogens (tertiary/aromatic N) is 1. The Kier molecular flexibility index (Phi) is 2.49. The summed E-state index contributed by atoms with van der Waals surface area (Å²) in [6, 6.07) is 7.59. The molecular formula is C13H13N5O. The third-order valence-corrected chi connectivity index (χ3v) is 3.01. The molecule has 0 aliphatic heterocycles. The summed E-state index contributed by atoms with van der Waals surface area (Å²) in [6.07, 6.45) is 2.44. The van der Waals surface area contributed by atoms with Crippen LogP contribution in [0.3, 0.4) is 0 Å². The quantitative estimate of drug-likeness (QED) is 0.511. The summed E-state index contributed by atoms with van der Waals surface area (Å²) in [4.78, 5) is 21.3. The van der Waals surface area contributed by atoms with Gasteiger partial charge >= 0.3 is 0 Å². The summed E-state index contributed by atoms with van der Waals surface area (Å²) < 4.78 is 0. The van der Waals surface area contributed by atoms with Gasteiger partial charge in [0.15, 0.2) is 0 Å². The number of hydrogen-bond acceptors (Lipinski definition) is 4. The number of hydrogen-bond donors (Lipinski definition) is 4. The molecular weight excluding hydrogens is 242 g/mol. The number of aromatic nitrogens is 3. The second-order valence-electron chi connectivity index (χ2n) is 4.41. The molecule has 6 N–H and O–H groups in total. The van der Waals surface area contributed by atoms with Gasteiger partial charge in [-0.1, -0.05) is 12.1 Å². The molecule has 0 fully saturated rings. The summed E-state index contributed by atoms with van der Waals surface area (Å²) in [5, 5.41) is 0. The number of nitrogens with one attached hydrogen (secondary N) is 2. The maximum Gasteiger partial charge on any atom is 0.276 e.